The average Bonchev–Trinajstić information content (AvgIpc) is 3.02. The normalized spacial score (nSPS) is 11.3. The van der Waals surface area contributed by atoms with Crippen LogP contribution in [0.1, 0.15) is 27.9 Å². The Kier molecular flexibility index (Phi) is 6.29. The second-order valence-electron chi connectivity index (χ2n) is 7.05. The predicted octanol–water partition coefficient (Wildman–Crippen LogP) is 5.27. The van der Waals surface area contributed by atoms with E-state index in [0.717, 1.165) is 32.8 Å². The number of hydrogen-bond acceptors (Lipinski definition) is 4. The molecule has 0 atom stereocenters. The van der Waals surface area contributed by atoms with Gasteiger partial charge in [0.2, 0.25) is 0 Å². The number of thiazole rings is 1. The van der Waals surface area contributed by atoms with Crippen molar-refractivity contribution >= 4 is 48.5 Å². The summed E-state index contributed by atoms with van der Waals surface area (Å²) in [6.07, 6.45) is 0.890. The van der Waals surface area contributed by atoms with E-state index in [1.807, 2.05) is 43.3 Å². The van der Waals surface area contributed by atoms with E-state index in [4.69, 9.17) is 4.98 Å². The van der Waals surface area contributed by atoms with Crippen LogP contribution in [0.15, 0.2) is 40.9 Å². The molecule has 3 aromatic rings. The summed E-state index contributed by atoms with van der Waals surface area (Å²) in [6, 6.07) is 11.8. The van der Waals surface area contributed by atoms with Gasteiger partial charge in [-0.2, -0.15) is 0 Å². The molecule has 2 aromatic carbocycles. The van der Waals surface area contributed by atoms with E-state index in [-0.39, 0.29) is 5.91 Å². The fraction of sp³-hybridized carbons (Fsp3) is 0.333. The molecule has 1 amide bonds. The van der Waals surface area contributed by atoms with Gasteiger partial charge in [-0.1, -0.05) is 39.4 Å². The van der Waals surface area contributed by atoms with Gasteiger partial charge >= 0.3 is 0 Å². The Labute approximate surface area is 172 Å². The highest BCUT2D eigenvalue weighted by atomic mass is 79.9. The van der Waals surface area contributed by atoms with Gasteiger partial charge in [0.05, 0.1) is 10.2 Å². The molecule has 0 aliphatic rings. The number of benzene rings is 2. The van der Waals surface area contributed by atoms with Gasteiger partial charge in [-0.05, 0) is 76.3 Å². The quantitative estimate of drug-likeness (QED) is 0.517. The largest absolute Gasteiger partial charge is 0.309 e. The zero-order valence-electron chi connectivity index (χ0n) is 16.1. The second-order valence-corrected chi connectivity index (χ2v) is 8.94. The van der Waals surface area contributed by atoms with Crippen LogP contribution in [-0.2, 0) is 0 Å². The minimum absolute atomic E-state index is 0.0107. The van der Waals surface area contributed by atoms with Crippen LogP contribution in [-0.4, -0.2) is 43.0 Å². The molecular formula is C21H24BrN3OS. The monoisotopic (exact) mass is 445 g/mol. The molecule has 1 aromatic heterocycles. The Morgan fingerprint density at radius 3 is 2.63 bits per heavy atom. The van der Waals surface area contributed by atoms with E-state index in [9.17, 15) is 4.79 Å². The van der Waals surface area contributed by atoms with E-state index in [1.54, 1.807) is 11.3 Å². The number of carbonyl (C=O) groups excluding carboxylic acids is 1. The molecule has 0 bridgehead atoms. The fourth-order valence-electron chi connectivity index (χ4n) is 3.09. The van der Waals surface area contributed by atoms with E-state index in [0.29, 0.717) is 12.1 Å². The summed E-state index contributed by atoms with van der Waals surface area (Å²) < 4.78 is 2.05. The lowest BCUT2D eigenvalue weighted by atomic mass is 10.1. The van der Waals surface area contributed by atoms with Crippen molar-refractivity contribution in [2.24, 2.45) is 0 Å². The summed E-state index contributed by atoms with van der Waals surface area (Å²) in [6.45, 7) is 5.74. The first-order valence-electron chi connectivity index (χ1n) is 8.95. The number of hydrogen-bond donors (Lipinski definition) is 0. The lowest BCUT2D eigenvalue weighted by molar-refractivity contribution is 0.0986. The van der Waals surface area contributed by atoms with Crippen molar-refractivity contribution in [3.8, 4) is 0 Å². The number of aromatic nitrogens is 1. The number of rotatable bonds is 6. The smallest absolute Gasteiger partial charge is 0.260 e. The highest BCUT2D eigenvalue weighted by Crippen LogP contribution is 2.33. The highest BCUT2D eigenvalue weighted by molar-refractivity contribution is 9.10. The number of aryl methyl sites for hydroxylation is 2. The summed E-state index contributed by atoms with van der Waals surface area (Å²) in [5.74, 6) is -0.0107. The topological polar surface area (TPSA) is 36.4 Å². The van der Waals surface area contributed by atoms with Crippen LogP contribution >= 0.6 is 27.3 Å². The standard InChI is InChI=1S/C21H24BrN3OS/c1-14-11-15(2)19-18(12-14)23-21(27-19)25(10-6-9-24(3)4)20(26)16-7-5-8-17(22)13-16/h5,7-8,11-13H,6,9-10H2,1-4H3. The molecule has 0 spiro atoms. The van der Waals surface area contributed by atoms with Gasteiger partial charge in [0, 0.05) is 16.6 Å². The van der Waals surface area contributed by atoms with Crippen molar-refractivity contribution in [1.82, 2.24) is 9.88 Å². The van der Waals surface area contributed by atoms with Crippen LogP contribution in [0, 0.1) is 13.8 Å². The van der Waals surface area contributed by atoms with Crippen LogP contribution in [0.5, 0.6) is 0 Å². The van der Waals surface area contributed by atoms with Gasteiger partial charge < -0.3 is 4.90 Å². The molecule has 6 heteroatoms. The SMILES string of the molecule is Cc1cc(C)c2sc(N(CCCN(C)C)C(=O)c3cccc(Br)c3)nc2c1. The van der Waals surface area contributed by atoms with E-state index < -0.39 is 0 Å². The summed E-state index contributed by atoms with van der Waals surface area (Å²) in [4.78, 5) is 22.0. The molecule has 0 fully saturated rings. The zero-order valence-corrected chi connectivity index (χ0v) is 18.5. The number of fused-ring (bicyclic) bond motifs is 1. The van der Waals surface area contributed by atoms with Gasteiger partial charge in [0.25, 0.3) is 5.91 Å². The molecule has 27 heavy (non-hydrogen) atoms. The lowest BCUT2D eigenvalue weighted by Gasteiger charge is -2.21. The molecule has 0 aliphatic heterocycles. The molecule has 4 nitrogen and oxygen atoms in total. The van der Waals surface area contributed by atoms with Crippen LogP contribution in [0.25, 0.3) is 10.2 Å². The Balaban J connectivity index is 1.98. The van der Waals surface area contributed by atoms with Crippen molar-refractivity contribution in [3.63, 3.8) is 0 Å². The third kappa shape index (κ3) is 4.75. The molecule has 0 unspecified atom stereocenters. The van der Waals surface area contributed by atoms with Gasteiger partial charge in [0.1, 0.15) is 0 Å². The first kappa shape index (κ1) is 20.0. The molecule has 0 saturated carbocycles. The minimum Gasteiger partial charge on any atom is -0.309 e. The molecule has 3 rings (SSSR count). The second kappa shape index (κ2) is 8.50. The van der Waals surface area contributed by atoms with E-state index in [2.05, 4.69) is 46.8 Å². The van der Waals surface area contributed by atoms with Gasteiger partial charge in [-0.25, -0.2) is 4.98 Å². The van der Waals surface area contributed by atoms with Gasteiger partial charge in [-0.15, -0.1) is 0 Å². The van der Waals surface area contributed by atoms with Crippen molar-refractivity contribution < 1.29 is 4.79 Å². The maximum atomic E-state index is 13.3. The summed E-state index contributed by atoms with van der Waals surface area (Å²) >= 11 is 5.06. The minimum atomic E-state index is -0.0107. The average molecular weight is 446 g/mol. The van der Waals surface area contributed by atoms with Crippen molar-refractivity contribution in [1.29, 1.82) is 0 Å². The third-order valence-corrected chi connectivity index (χ3v) is 6.07. The van der Waals surface area contributed by atoms with Crippen LogP contribution in [0.3, 0.4) is 0 Å². The molecule has 0 radical (unpaired) electrons. The number of anilines is 1. The molecule has 142 valence electrons. The zero-order chi connectivity index (χ0) is 19.6. The molecule has 0 N–H and O–H groups in total. The number of halogens is 1. The molecule has 0 saturated heterocycles. The molecular weight excluding hydrogens is 422 g/mol. The Bertz CT molecular complexity index is 967. The third-order valence-electron chi connectivity index (χ3n) is 4.34. The summed E-state index contributed by atoms with van der Waals surface area (Å²) in [5, 5.41) is 0.766. The number of carbonyl (C=O) groups is 1. The van der Waals surface area contributed by atoms with Crippen molar-refractivity contribution in [2.45, 2.75) is 20.3 Å². The van der Waals surface area contributed by atoms with Crippen molar-refractivity contribution in [3.05, 3.63) is 57.6 Å². The van der Waals surface area contributed by atoms with E-state index in [1.165, 1.54) is 11.1 Å². The Morgan fingerprint density at radius 1 is 1.15 bits per heavy atom. The molecule has 1 heterocycles. The fourth-order valence-corrected chi connectivity index (χ4v) is 4.53. The lowest BCUT2D eigenvalue weighted by Crippen LogP contribution is -2.33. The Hall–Kier alpha value is -1.76. The van der Waals surface area contributed by atoms with Crippen LogP contribution in [0.4, 0.5) is 5.13 Å². The number of amides is 1. The summed E-state index contributed by atoms with van der Waals surface area (Å²) in [7, 11) is 4.09. The maximum absolute atomic E-state index is 13.3. The highest BCUT2D eigenvalue weighted by Gasteiger charge is 2.22. The predicted molar refractivity (Wildman–Crippen MR) is 118 cm³/mol. The van der Waals surface area contributed by atoms with Crippen LogP contribution in [0.2, 0.25) is 0 Å². The summed E-state index contributed by atoms with van der Waals surface area (Å²) in [5.41, 5.74) is 4.03. The van der Waals surface area contributed by atoms with Gasteiger partial charge in [-0.3, -0.25) is 9.69 Å². The Morgan fingerprint density at radius 2 is 1.93 bits per heavy atom. The number of nitrogens with zero attached hydrogens (tertiary/aromatic N) is 3. The van der Waals surface area contributed by atoms with E-state index >= 15 is 0 Å². The van der Waals surface area contributed by atoms with Gasteiger partial charge in [0.15, 0.2) is 5.13 Å². The first-order chi connectivity index (χ1) is 12.8. The van der Waals surface area contributed by atoms with Crippen molar-refractivity contribution in [2.75, 3.05) is 32.1 Å². The van der Waals surface area contributed by atoms with Crippen LogP contribution < -0.4 is 4.90 Å². The maximum Gasteiger partial charge on any atom is 0.260 e. The first-order valence-corrected chi connectivity index (χ1v) is 10.6. The molecule has 0 aliphatic carbocycles.